The average molecular weight is 365 g/mol. The zero-order chi connectivity index (χ0) is 20.0. The molecule has 1 atom stereocenters. The molecular formula is C18H27N3O5. The Morgan fingerprint density at radius 2 is 2.04 bits per heavy atom. The van der Waals surface area contributed by atoms with Crippen LogP contribution in [0.3, 0.4) is 0 Å². The molecular weight excluding hydrogens is 338 g/mol. The lowest BCUT2D eigenvalue weighted by Gasteiger charge is -2.37. The number of hydrogen-bond donors (Lipinski definition) is 2. The Hall–Kier alpha value is -2.53. The number of amidine groups is 1. The van der Waals surface area contributed by atoms with Gasteiger partial charge in [-0.1, -0.05) is 12.8 Å². The molecule has 0 spiro atoms. The first-order chi connectivity index (χ1) is 12.0. The molecule has 26 heavy (non-hydrogen) atoms. The van der Waals surface area contributed by atoms with E-state index in [1.807, 2.05) is 6.92 Å². The van der Waals surface area contributed by atoms with Crippen LogP contribution in [0.25, 0.3) is 0 Å². The summed E-state index contributed by atoms with van der Waals surface area (Å²) >= 11 is 0. The van der Waals surface area contributed by atoms with Gasteiger partial charge in [-0.2, -0.15) is 0 Å². The van der Waals surface area contributed by atoms with Crippen LogP contribution < -0.4 is 5.43 Å². The standard InChI is InChI=1S/C18H27N3O5/c1-7-9-10-11-18(24)12-14(15(22)25-8-2)19-13(3)21(18)20-16(23)26-17(4,5)6/h12,24H,7-9H2,1-6H3,(H,20,23). The molecule has 1 amide bonds. The van der Waals surface area contributed by atoms with Crippen molar-refractivity contribution >= 4 is 17.9 Å². The maximum atomic E-state index is 12.1. The highest BCUT2D eigenvalue weighted by Crippen LogP contribution is 2.22. The van der Waals surface area contributed by atoms with E-state index in [1.54, 1.807) is 27.7 Å². The Morgan fingerprint density at radius 1 is 1.38 bits per heavy atom. The van der Waals surface area contributed by atoms with Crippen molar-refractivity contribution < 1.29 is 24.2 Å². The molecule has 1 unspecified atom stereocenters. The summed E-state index contributed by atoms with van der Waals surface area (Å²) in [5, 5.41) is 12.0. The van der Waals surface area contributed by atoms with Gasteiger partial charge in [0.15, 0.2) is 5.70 Å². The fraction of sp³-hybridized carbons (Fsp3) is 0.611. The van der Waals surface area contributed by atoms with E-state index in [2.05, 4.69) is 22.3 Å². The first-order valence-corrected chi connectivity index (χ1v) is 8.50. The molecule has 0 aromatic heterocycles. The predicted molar refractivity (Wildman–Crippen MR) is 96.7 cm³/mol. The number of aliphatic hydroxyl groups is 1. The number of unbranched alkanes of at least 4 members (excludes halogenated alkanes) is 1. The van der Waals surface area contributed by atoms with Crippen molar-refractivity contribution in [3.05, 3.63) is 11.8 Å². The SMILES string of the molecule is CCCC#CC1(O)C=C(C(=O)OCC)N=C(C)N1NC(=O)OC(C)(C)C. The van der Waals surface area contributed by atoms with Crippen LogP contribution in [0.15, 0.2) is 16.8 Å². The lowest BCUT2D eigenvalue weighted by atomic mass is 10.1. The van der Waals surface area contributed by atoms with Gasteiger partial charge < -0.3 is 14.6 Å². The largest absolute Gasteiger partial charge is 0.461 e. The number of esters is 1. The third-order valence-corrected chi connectivity index (χ3v) is 3.02. The highest BCUT2D eigenvalue weighted by molar-refractivity contribution is 5.95. The molecule has 0 saturated heterocycles. The second-order valence-electron chi connectivity index (χ2n) is 6.64. The smallest absolute Gasteiger partial charge is 0.426 e. The van der Waals surface area contributed by atoms with Gasteiger partial charge in [0.25, 0.3) is 0 Å². The number of carbonyl (C=O) groups excluding carboxylic acids is 2. The second-order valence-corrected chi connectivity index (χ2v) is 6.64. The summed E-state index contributed by atoms with van der Waals surface area (Å²) < 4.78 is 10.1. The van der Waals surface area contributed by atoms with Gasteiger partial charge in [-0.3, -0.25) is 0 Å². The molecule has 0 aromatic rings. The number of nitrogens with one attached hydrogen (secondary N) is 1. The topological polar surface area (TPSA) is 100 Å². The zero-order valence-corrected chi connectivity index (χ0v) is 16.2. The lowest BCUT2D eigenvalue weighted by molar-refractivity contribution is -0.138. The quantitative estimate of drug-likeness (QED) is 0.584. The number of rotatable bonds is 4. The van der Waals surface area contributed by atoms with E-state index in [0.717, 1.165) is 17.5 Å². The van der Waals surface area contributed by atoms with Crippen molar-refractivity contribution in [1.82, 2.24) is 10.4 Å². The van der Waals surface area contributed by atoms with Crippen LogP contribution in [0.5, 0.6) is 0 Å². The van der Waals surface area contributed by atoms with E-state index < -0.39 is 23.4 Å². The van der Waals surface area contributed by atoms with Gasteiger partial charge >= 0.3 is 12.1 Å². The summed E-state index contributed by atoms with van der Waals surface area (Å²) in [6.07, 6.45) is 1.71. The summed E-state index contributed by atoms with van der Waals surface area (Å²) in [6, 6.07) is 0. The minimum absolute atomic E-state index is 0.0834. The molecule has 1 heterocycles. The number of ether oxygens (including phenoxy) is 2. The normalized spacial score (nSPS) is 19.6. The molecule has 0 fully saturated rings. The van der Waals surface area contributed by atoms with E-state index in [-0.39, 0.29) is 18.1 Å². The maximum Gasteiger partial charge on any atom is 0.426 e. The van der Waals surface area contributed by atoms with Gasteiger partial charge in [0.2, 0.25) is 5.72 Å². The van der Waals surface area contributed by atoms with Gasteiger partial charge in [-0.25, -0.2) is 25.0 Å². The summed E-state index contributed by atoms with van der Waals surface area (Å²) in [4.78, 5) is 28.2. The maximum absolute atomic E-state index is 12.1. The van der Waals surface area contributed by atoms with Crippen LogP contribution in [0.1, 0.15) is 54.4 Å². The molecule has 0 aromatic carbocycles. The number of aliphatic imine (C=N–C) groups is 1. The molecule has 1 rings (SSSR count). The van der Waals surface area contributed by atoms with Crippen molar-refractivity contribution in [2.24, 2.45) is 4.99 Å². The molecule has 0 aliphatic carbocycles. The Bertz CT molecular complexity index is 667. The minimum Gasteiger partial charge on any atom is -0.461 e. The molecule has 8 heteroatoms. The Balaban J connectivity index is 3.19. The lowest BCUT2D eigenvalue weighted by Crippen LogP contribution is -2.60. The van der Waals surface area contributed by atoms with Gasteiger partial charge in [0.05, 0.1) is 6.61 Å². The Morgan fingerprint density at radius 3 is 2.58 bits per heavy atom. The molecule has 8 nitrogen and oxygen atoms in total. The number of hydrogen-bond acceptors (Lipinski definition) is 7. The van der Waals surface area contributed by atoms with E-state index >= 15 is 0 Å². The molecule has 0 radical (unpaired) electrons. The predicted octanol–water partition coefficient (Wildman–Crippen LogP) is 2.10. The summed E-state index contributed by atoms with van der Waals surface area (Å²) in [7, 11) is 0. The van der Waals surface area contributed by atoms with Crippen molar-refractivity contribution in [1.29, 1.82) is 0 Å². The molecule has 2 N–H and O–H groups in total. The van der Waals surface area contributed by atoms with Gasteiger partial charge in [0, 0.05) is 12.5 Å². The number of nitrogens with zero attached hydrogens (tertiary/aromatic N) is 2. The van der Waals surface area contributed by atoms with Crippen LogP contribution in [0.2, 0.25) is 0 Å². The van der Waals surface area contributed by atoms with Crippen molar-refractivity contribution in [3.63, 3.8) is 0 Å². The fourth-order valence-corrected chi connectivity index (χ4v) is 2.04. The van der Waals surface area contributed by atoms with Gasteiger partial charge in [-0.15, -0.1) is 0 Å². The highest BCUT2D eigenvalue weighted by Gasteiger charge is 2.39. The monoisotopic (exact) mass is 365 g/mol. The summed E-state index contributed by atoms with van der Waals surface area (Å²) in [5.41, 5.74) is -0.335. The fourth-order valence-electron chi connectivity index (χ4n) is 2.04. The van der Waals surface area contributed by atoms with Crippen molar-refractivity contribution in [3.8, 4) is 11.8 Å². The van der Waals surface area contributed by atoms with E-state index in [4.69, 9.17) is 9.47 Å². The molecule has 1 aliphatic rings. The Kier molecular flexibility index (Phi) is 7.21. The molecule has 0 bridgehead atoms. The van der Waals surface area contributed by atoms with Gasteiger partial charge in [0.1, 0.15) is 11.4 Å². The van der Waals surface area contributed by atoms with Crippen molar-refractivity contribution in [2.45, 2.75) is 65.7 Å². The third kappa shape index (κ3) is 6.08. The van der Waals surface area contributed by atoms with Crippen LogP contribution in [-0.2, 0) is 14.3 Å². The summed E-state index contributed by atoms with van der Waals surface area (Å²) in [5.74, 6) is 4.97. The van der Waals surface area contributed by atoms with Gasteiger partial charge in [-0.05, 0) is 47.0 Å². The van der Waals surface area contributed by atoms with Crippen LogP contribution in [0, 0.1) is 11.8 Å². The van der Waals surface area contributed by atoms with Crippen LogP contribution in [-0.4, -0.2) is 45.9 Å². The summed E-state index contributed by atoms with van der Waals surface area (Å²) in [6.45, 7) is 10.5. The van der Waals surface area contributed by atoms with E-state index in [9.17, 15) is 14.7 Å². The van der Waals surface area contributed by atoms with Crippen LogP contribution >= 0.6 is 0 Å². The first-order valence-electron chi connectivity index (χ1n) is 8.50. The number of carbonyl (C=O) groups is 2. The number of hydrazine groups is 1. The van der Waals surface area contributed by atoms with E-state index in [1.165, 1.54) is 6.92 Å². The highest BCUT2D eigenvalue weighted by atomic mass is 16.6. The second kappa shape index (κ2) is 8.72. The average Bonchev–Trinajstić information content (AvgIpc) is 2.49. The van der Waals surface area contributed by atoms with Crippen molar-refractivity contribution in [2.75, 3.05) is 6.61 Å². The molecule has 144 valence electrons. The Labute approximate surface area is 154 Å². The van der Waals surface area contributed by atoms with E-state index in [0.29, 0.717) is 6.42 Å². The molecule has 0 saturated carbocycles. The third-order valence-electron chi connectivity index (χ3n) is 3.02. The number of amides is 1. The minimum atomic E-state index is -1.96. The first kappa shape index (κ1) is 21.5. The molecule has 1 aliphatic heterocycles. The zero-order valence-electron chi connectivity index (χ0n) is 16.2. The van der Waals surface area contributed by atoms with Crippen LogP contribution in [0.4, 0.5) is 4.79 Å².